The van der Waals surface area contributed by atoms with Crippen molar-refractivity contribution >= 4 is 9.84 Å². The average molecular weight is 300 g/mol. The monoisotopic (exact) mass is 300 g/mol. The Bertz CT molecular complexity index is 486. The van der Waals surface area contributed by atoms with Gasteiger partial charge in [-0.1, -0.05) is 13.8 Å². The Kier molecular flexibility index (Phi) is 6.95. The minimum atomic E-state index is -2.99. The number of nitrogens with two attached hydrogens (primary N) is 1. The van der Waals surface area contributed by atoms with Gasteiger partial charge in [0.15, 0.2) is 9.84 Å². The summed E-state index contributed by atoms with van der Waals surface area (Å²) in [4.78, 5) is 4.26. The van der Waals surface area contributed by atoms with Crippen molar-refractivity contribution in [1.29, 1.82) is 0 Å². The van der Waals surface area contributed by atoms with Crippen molar-refractivity contribution in [3.63, 3.8) is 0 Å². The summed E-state index contributed by atoms with van der Waals surface area (Å²) >= 11 is 0. The van der Waals surface area contributed by atoms with Crippen LogP contribution >= 0.6 is 0 Å². The molecule has 0 aromatic carbocycles. The lowest BCUT2D eigenvalue weighted by Gasteiger charge is -2.09. The van der Waals surface area contributed by atoms with Crippen molar-refractivity contribution in [2.24, 2.45) is 5.73 Å². The first-order chi connectivity index (χ1) is 9.46. The molecule has 1 atom stereocenters. The summed E-state index contributed by atoms with van der Waals surface area (Å²) in [6.45, 7) is 4.05. The summed E-state index contributed by atoms with van der Waals surface area (Å²) in [5, 5.41) is 0. The second-order valence-corrected chi connectivity index (χ2v) is 7.16. The van der Waals surface area contributed by atoms with Crippen LogP contribution in [0.3, 0.4) is 0 Å². The largest absolute Gasteiger partial charge is 0.491 e. The summed E-state index contributed by atoms with van der Waals surface area (Å²) in [7, 11) is -2.99. The minimum absolute atomic E-state index is 0.0449. The summed E-state index contributed by atoms with van der Waals surface area (Å²) < 4.78 is 28.4. The molecule has 0 amide bonds. The summed E-state index contributed by atoms with van der Waals surface area (Å²) in [5.41, 5.74) is 6.78. The molecule has 0 radical (unpaired) electrons. The molecule has 1 heterocycles. The van der Waals surface area contributed by atoms with E-state index in [1.165, 1.54) is 0 Å². The predicted molar refractivity (Wildman–Crippen MR) is 80.6 cm³/mol. The topological polar surface area (TPSA) is 82.3 Å². The number of pyridine rings is 1. The highest BCUT2D eigenvalue weighted by Gasteiger charge is 2.09. The maximum Gasteiger partial charge on any atom is 0.153 e. The van der Waals surface area contributed by atoms with Crippen LogP contribution in [0.4, 0.5) is 0 Å². The lowest BCUT2D eigenvalue weighted by molar-refractivity contribution is 0.339. The molecule has 6 heteroatoms. The van der Waals surface area contributed by atoms with Crippen molar-refractivity contribution in [2.45, 2.75) is 39.2 Å². The second kappa shape index (κ2) is 8.21. The SMILES string of the molecule is CCCS(=O)(=O)CCOc1ccc(CC(N)CC)nc1. The van der Waals surface area contributed by atoms with E-state index in [0.29, 0.717) is 12.2 Å². The van der Waals surface area contributed by atoms with E-state index in [-0.39, 0.29) is 24.2 Å². The van der Waals surface area contributed by atoms with Gasteiger partial charge in [-0.25, -0.2) is 8.42 Å². The van der Waals surface area contributed by atoms with Gasteiger partial charge in [0.25, 0.3) is 0 Å². The van der Waals surface area contributed by atoms with Gasteiger partial charge in [0.2, 0.25) is 0 Å². The van der Waals surface area contributed by atoms with Crippen molar-refractivity contribution in [1.82, 2.24) is 4.98 Å². The molecular weight excluding hydrogens is 276 g/mol. The van der Waals surface area contributed by atoms with Crippen LogP contribution in [0.1, 0.15) is 32.4 Å². The van der Waals surface area contributed by atoms with Crippen LogP contribution < -0.4 is 10.5 Å². The van der Waals surface area contributed by atoms with Crippen molar-refractivity contribution in [3.05, 3.63) is 24.0 Å². The van der Waals surface area contributed by atoms with Crippen LogP contribution in [-0.2, 0) is 16.3 Å². The molecule has 20 heavy (non-hydrogen) atoms. The van der Waals surface area contributed by atoms with E-state index in [4.69, 9.17) is 10.5 Å². The third kappa shape index (κ3) is 6.34. The molecule has 0 saturated carbocycles. The van der Waals surface area contributed by atoms with E-state index < -0.39 is 9.84 Å². The van der Waals surface area contributed by atoms with Gasteiger partial charge in [0.05, 0.1) is 17.7 Å². The fourth-order valence-electron chi connectivity index (χ4n) is 1.73. The zero-order chi connectivity index (χ0) is 15.0. The maximum absolute atomic E-state index is 11.5. The van der Waals surface area contributed by atoms with Gasteiger partial charge in [0.1, 0.15) is 12.4 Å². The summed E-state index contributed by atoms with van der Waals surface area (Å²) in [6.07, 6.45) is 3.90. The van der Waals surface area contributed by atoms with Gasteiger partial charge in [0, 0.05) is 18.2 Å². The lowest BCUT2D eigenvalue weighted by atomic mass is 10.1. The van der Waals surface area contributed by atoms with Gasteiger partial charge in [-0.15, -0.1) is 0 Å². The zero-order valence-electron chi connectivity index (χ0n) is 12.2. The number of nitrogens with zero attached hydrogens (tertiary/aromatic N) is 1. The Labute approximate surface area is 121 Å². The minimum Gasteiger partial charge on any atom is -0.491 e. The van der Waals surface area contributed by atoms with Gasteiger partial charge < -0.3 is 10.5 Å². The number of hydrogen-bond acceptors (Lipinski definition) is 5. The van der Waals surface area contributed by atoms with Gasteiger partial charge >= 0.3 is 0 Å². The van der Waals surface area contributed by atoms with Gasteiger partial charge in [-0.2, -0.15) is 0 Å². The van der Waals surface area contributed by atoms with E-state index in [0.717, 1.165) is 18.5 Å². The molecule has 0 fully saturated rings. The van der Waals surface area contributed by atoms with E-state index in [9.17, 15) is 8.42 Å². The molecule has 0 aliphatic carbocycles. The number of hydrogen-bond donors (Lipinski definition) is 1. The second-order valence-electron chi connectivity index (χ2n) is 4.86. The first-order valence-electron chi connectivity index (χ1n) is 7.00. The highest BCUT2D eigenvalue weighted by Crippen LogP contribution is 2.11. The fraction of sp³-hybridized carbons (Fsp3) is 0.643. The number of sulfone groups is 1. The summed E-state index contributed by atoms with van der Waals surface area (Å²) in [6, 6.07) is 3.79. The first-order valence-corrected chi connectivity index (χ1v) is 8.82. The Morgan fingerprint density at radius 3 is 2.60 bits per heavy atom. The van der Waals surface area contributed by atoms with Crippen LogP contribution in [0.2, 0.25) is 0 Å². The van der Waals surface area contributed by atoms with E-state index >= 15 is 0 Å². The van der Waals surface area contributed by atoms with E-state index in [2.05, 4.69) is 4.98 Å². The smallest absolute Gasteiger partial charge is 0.153 e. The number of rotatable bonds is 9. The molecule has 0 aliphatic heterocycles. The first kappa shape index (κ1) is 16.9. The lowest BCUT2D eigenvalue weighted by Crippen LogP contribution is -2.21. The normalized spacial score (nSPS) is 13.2. The molecule has 0 aliphatic rings. The molecule has 1 rings (SSSR count). The van der Waals surface area contributed by atoms with Crippen LogP contribution in [0.5, 0.6) is 5.75 Å². The third-order valence-corrected chi connectivity index (χ3v) is 4.79. The molecule has 1 aromatic rings. The molecule has 114 valence electrons. The highest BCUT2D eigenvalue weighted by molar-refractivity contribution is 7.91. The molecule has 1 aromatic heterocycles. The Hall–Kier alpha value is -1.14. The molecular formula is C14H24N2O3S. The third-order valence-electron chi connectivity index (χ3n) is 2.97. The number of aromatic nitrogens is 1. The maximum atomic E-state index is 11.5. The van der Waals surface area contributed by atoms with Crippen LogP contribution in [-0.4, -0.2) is 37.6 Å². The Balaban J connectivity index is 2.42. The highest BCUT2D eigenvalue weighted by atomic mass is 32.2. The van der Waals surface area contributed by atoms with E-state index in [1.807, 2.05) is 19.9 Å². The number of ether oxygens (including phenoxy) is 1. The van der Waals surface area contributed by atoms with Crippen LogP contribution in [0.15, 0.2) is 18.3 Å². The average Bonchev–Trinajstić information content (AvgIpc) is 2.40. The zero-order valence-corrected chi connectivity index (χ0v) is 13.0. The standard InChI is InChI=1S/C14H24N2O3S/c1-3-8-20(17,18)9-7-19-14-6-5-13(16-11-14)10-12(15)4-2/h5-6,11-12H,3-4,7-10,15H2,1-2H3. The molecule has 1 unspecified atom stereocenters. The molecule has 0 bridgehead atoms. The van der Waals surface area contributed by atoms with E-state index in [1.54, 1.807) is 12.3 Å². The molecule has 0 saturated heterocycles. The van der Waals surface area contributed by atoms with Crippen molar-refractivity contribution in [2.75, 3.05) is 18.1 Å². The Morgan fingerprint density at radius 2 is 2.05 bits per heavy atom. The molecule has 5 nitrogen and oxygen atoms in total. The van der Waals surface area contributed by atoms with Crippen molar-refractivity contribution < 1.29 is 13.2 Å². The predicted octanol–water partition coefficient (Wildman–Crippen LogP) is 1.56. The quantitative estimate of drug-likeness (QED) is 0.748. The Morgan fingerprint density at radius 1 is 1.30 bits per heavy atom. The van der Waals surface area contributed by atoms with Gasteiger partial charge in [-0.05, 0) is 25.0 Å². The molecule has 2 N–H and O–H groups in total. The van der Waals surface area contributed by atoms with Gasteiger partial charge in [-0.3, -0.25) is 4.98 Å². The van der Waals surface area contributed by atoms with Crippen molar-refractivity contribution in [3.8, 4) is 5.75 Å². The molecule has 0 spiro atoms. The van der Waals surface area contributed by atoms with Crippen LogP contribution in [0.25, 0.3) is 0 Å². The van der Waals surface area contributed by atoms with Crippen LogP contribution in [0, 0.1) is 0 Å². The summed E-state index contributed by atoms with van der Waals surface area (Å²) in [5.74, 6) is 0.844. The fourth-order valence-corrected chi connectivity index (χ4v) is 2.89.